The number of benzene rings is 1. The van der Waals surface area contributed by atoms with Crippen molar-refractivity contribution >= 4 is 11.6 Å². The monoisotopic (exact) mass is 224 g/mol. The number of alkyl halides is 1. The third-order valence-electron chi connectivity index (χ3n) is 2.98. The van der Waals surface area contributed by atoms with E-state index in [0.29, 0.717) is 5.92 Å². The van der Waals surface area contributed by atoms with Crippen LogP contribution in [0.15, 0.2) is 30.3 Å². The van der Waals surface area contributed by atoms with Gasteiger partial charge in [-0.15, -0.1) is 11.6 Å². The molecule has 0 aliphatic carbocycles. The molecular weight excluding hydrogens is 208 g/mol. The Morgan fingerprint density at radius 1 is 1.33 bits per heavy atom. The van der Waals surface area contributed by atoms with Crippen molar-refractivity contribution in [2.75, 3.05) is 13.2 Å². The topological polar surface area (TPSA) is 9.23 Å². The molecule has 0 N–H and O–H groups in total. The third kappa shape index (κ3) is 3.22. The minimum Gasteiger partial charge on any atom is -0.381 e. The number of hydrogen-bond donors (Lipinski definition) is 0. The summed E-state index contributed by atoms with van der Waals surface area (Å²) in [6.45, 7) is 1.74. The summed E-state index contributed by atoms with van der Waals surface area (Å²) in [6, 6.07) is 10.4. The van der Waals surface area contributed by atoms with E-state index in [-0.39, 0.29) is 5.38 Å². The van der Waals surface area contributed by atoms with Gasteiger partial charge in [0.25, 0.3) is 0 Å². The van der Waals surface area contributed by atoms with Crippen LogP contribution in [0, 0.1) is 5.92 Å². The van der Waals surface area contributed by atoms with E-state index in [2.05, 4.69) is 24.3 Å². The molecule has 1 heterocycles. The van der Waals surface area contributed by atoms with Gasteiger partial charge < -0.3 is 4.74 Å². The lowest BCUT2D eigenvalue weighted by molar-refractivity contribution is 0.0533. The molecule has 1 nitrogen and oxygen atoms in total. The Balaban J connectivity index is 1.88. The van der Waals surface area contributed by atoms with Crippen molar-refractivity contribution < 1.29 is 4.74 Å². The van der Waals surface area contributed by atoms with Crippen LogP contribution in [0.1, 0.15) is 18.4 Å². The number of halogens is 1. The summed E-state index contributed by atoms with van der Waals surface area (Å²) >= 11 is 6.41. The van der Waals surface area contributed by atoms with Crippen molar-refractivity contribution in [2.24, 2.45) is 5.92 Å². The maximum absolute atomic E-state index is 6.41. The van der Waals surface area contributed by atoms with Crippen LogP contribution in [0.5, 0.6) is 0 Å². The molecule has 1 aliphatic rings. The van der Waals surface area contributed by atoms with Gasteiger partial charge in [-0.2, -0.15) is 0 Å². The highest BCUT2D eigenvalue weighted by molar-refractivity contribution is 6.20. The molecule has 15 heavy (non-hydrogen) atoms. The number of ether oxygens (including phenoxy) is 1. The summed E-state index contributed by atoms with van der Waals surface area (Å²) in [4.78, 5) is 0. The van der Waals surface area contributed by atoms with Gasteiger partial charge >= 0.3 is 0 Å². The first-order valence-corrected chi connectivity index (χ1v) is 6.05. The zero-order valence-corrected chi connectivity index (χ0v) is 9.62. The van der Waals surface area contributed by atoms with Crippen molar-refractivity contribution in [3.8, 4) is 0 Å². The summed E-state index contributed by atoms with van der Waals surface area (Å²) in [5.74, 6) is 0.528. The van der Waals surface area contributed by atoms with E-state index in [9.17, 15) is 0 Å². The van der Waals surface area contributed by atoms with Gasteiger partial charge in [-0.25, -0.2) is 0 Å². The lowest BCUT2D eigenvalue weighted by Crippen LogP contribution is -2.27. The summed E-state index contributed by atoms with van der Waals surface area (Å²) in [5.41, 5.74) is 1.32. The Morgan fingerprint density at radius 3 is 2.80 bits per heavy atom. The van der Waals surface area contributed by atoms with Crippen LogP contribution in [0.25, 0.3) is 0 Å². The second-order valence-electron chi connectivity index (χ2n) is 4.18. The molecule has 1 aliphatic heterocycles. The maximum Gasteiger partial charge on any atom is 0.0508 e. The molecule has 2 heteroatoms. The van der Waals surface area contributed by atoms with Gasteiger partial charge in [-0.1, -0.05) is 30.3 Å². The molecule has 2 rings (SSSR count). The van der Waals surface area contributed by atoms with Crippen molar-refractivity contribution in [3.05, 3.63) is 35.9 Å². The van der Waals surface area contributed by atoms with E-state index in [1.54, 1.807) is 0 Å². The first-order chi connectivity index (χ1) is 7.36. The van der Waals surface area contributed by atoms with Crippen LogP contribution in [-0.4, -0.2) is 18.6 Å². The Bertz CT molecular complexity index is 280. The van der Waals surface area contributed by atoms with E-state index in [4.69, 9.17) is 16.3 Å². The van der Waals surface area contributed by atoms with Crippen molar-refractivity contribution in [1.29, 1.82) is 0 Å². The highest BCUT2D eigenvalue weighted by Gasteiger charge is 2.22. The van der Waals surface area contributed by atoms with E-state index in [1.165, 1.54) is 12.0 Å². The lowest BCUT2D eigenvalue weighted by atomic mass is 9.94. The minimum atomic E-state index is 0.215. The first kappa shape index (κ1) is 11.0. The molecule has 0 amide bonds. The fourth-order valence-corrected chi connectivity index (χ4v) is 2.43. The zero-order valence-electron chi connectivity index (χ0n) is 8.86. The van der Waals surface area contributed by atoms with Crippen molar-refractivity contribution in [2.45, 2.75) is 24.6 Å². The molecule has 2 unspecified atom stereocenters. The third-order valence-corrected chi connectivity index (χ3v) is 3.49. The highest BCUT2D eigenvalue weighted by Crippen LogP contribution is 2.24. The molecule has 0 radical (unpaired) electrons. The first-order valence-electron chi connectivity index (χ1n) is 5.62. The van der Waals surface area contributed by atoms with Crippen molar-refractivity contribution in [1.82, 2.24) is 0 Å². The maximum atomic E-state index is 6.41. The van der Waals surface area contributed by atoms with Crippen LogP contribution in [-0.2, 0) is 11.2 Å². The molecule has 1 aromatic carbocycles. The normalized spacial score (nSPS) is 23.7. The standard InChI is InChI=1S/C13H17ClO/c14-13(12-7-4-8-15-10-12)9-11-5-2-1-3-6-11/h1-3,5-6,12-13H,4,7-10H2. The molecule has 0 aromatic heterocycles. The largest absolute Gasteiger partial charge is 0.381 e. The minimum absolute atomic E-state index is 0.215. The predicted octanol–water partition coefficient (Wildman–Crippen LogP) is 3.26. The quantitative estimate of drug-likeness (QED) is 0.717. The summed E-state index contributed by atoms with van der Waals surface area (Å²) in [6.07, 6.45) is 3.32. The fourth-order valence-electron chi connectivity index (χ4n) is 2.06. The molecule has 2 atom stereocenters. The Morgan fingerprint density at radius 2 is 2.13 bits per heavy atom. The molecule has 0 bridgehead atoms. The highest BCUT2D eigenvalue weighted by atomic mass is 35.5. The molecule has 1 aromatic rings. The van der Waals surface area contributed by atoms with Crippen LogP contribution in [0.3, 0.4) is 0 Å². The second kappa shape index (κ2) is 5.53. The molecule has 0 spiro atoms. The Labute approximate surface area is 96.4 Å². The van der Waals surface area contributed by atoms with Gasteiger partial charge in [0.05, 0.1) is 6.61 Å². The fraction of sp³-hybridized carbons (Fsp3) is 0.538. The van der Waals surface area contributed by atoms with E-state index in [0.717, 1.165) is 26.1 Å². The summed E-state index contributed by atoms with van der Waals surface area (Å²) in [7, 11) is 0. The van der Waals surface area contributed by atoms with Gasteiger partial charge in [0, 0.05) is 12.0 Å². The second-order valence-corrected chi connectivity index (χ2v) is 4.74. The average Bonchev–Trinajstić information content (AvgIpc) is 2.31. The summed E-state index contributed by atoms with van der Waals surface area (Å²) < 4.78 is 5.46. The molecule has 0 saturated carbocycles. The Kier molecular flexibility index (Phi) is 4.04. The van der Waals surface area contributed by atoms with E-state index < -0.39 is 0 Å². The molecular formula is C13H17ClO. The van der Waals surface area contributed by atoms with Gasteiger partial charge in [0.2, 0.25) is 0 Å². The van der Waals surface area contributed by atoms with Gasteiger partial charge in [-0.05, 0) is 30.7 Å². The van der Waals surface area contributed by atoms with Gasteiger partial charge in [0.1, 0.15) is 0 Å². The molecule has 82 valence electrons. The van der Waals surface area contributed by atoms with E-state index >= 15 is 0 Å². The number of hydrogen-bond acceptors (Lipinski definition) is 1. The number of rotatable bonds is 3. The zero-order chi connectivity index (χ0) is 10.5. The molecule has 1 fully saturated rings. The average molecular weight is 225 g/mol. The molecule has 1 saturated heterocycles. The lowest BCUT2D eigenvalue weighted by Gasteiger charge is -2.26. The summed E-state index contributed by atoms with van der Waals surface area (Å²) in [5, 5.41) is 0.215. The van der Waals surface area contributed by atoms with Gasteiger partial charge in [0.15, 0.2) is 0 Å². The smallest absolute Gasteiger partial charge is 0.0508 e. The van der Waals surface area contributed by atoms with Crippen LogP contribution in [0.4, 0.5) is 0 Å². The Hall–Kier alpha value is -0.530. The van der Waals surface area contributed by atoms with Gasteiger partial charge in [-0.3, -0.25) is 0 Å². The van der Waals surface area contributed by atoms with Crippen LogP contribution < -0.4 is 0 Å². The van der Waals surface area contributed by atoms with Crippen LogP contribution >= 0.6 is 11.6 Å². The van der Waals surface area contributed by atoms with E-state index in [1.807, 2.05) is 6.07 Å². The van der Waals surface area contributed by atoms with Crippen molar-refractivity contribution in [3.63, 3.8) is 0 Å². The van der Waals surface area contributed by atoms with Crippen LogP contribution in [0.2, 0.25) is 0 Å². The SMILES string of the molecule is ClC(Cc1ccccc1)C1CCCOC1. The predicted molar refractivity (Wildman–Crippen MR) is 63.3 cm³/mol.